The lowest BCUT2D eigenvalue weighted by Crippen LogP contribution is -2.04. The number of ketones is 1. The minimum atomic E-state index is -0.0612. The molecule has 5 nitrogen and oxygen atoms in total. The molecule has 0 unspecified atom stereocenters. The fraction of sp³-hybridized carbons (Fsp3) is 0.182. The molecule has 2 N–H and O–H groups in total. The van der Waals surface area contributed by atoms with Crippen molar-refractivity contribution in [2.45, 2.75) is 6.42 Å². The Balaban J connectivity index is 2.17. The average molecular weight is 251 g/mol. The third-order valence-corrected chi connectivity index (χ3v) is 2.65. The molecule has 0 saturated heterocycles. The van der Waals surface area contributed by atoms with Crippen molar-refractivity contribution in [2.75, 3.05) is 5.73 Å². The molecule has 0 saturated carbocycles. The van der Waals surface area contributed by atoms with Gasteiger partial charge in [0.05, 0.1) is 22.8 Å². The van der Waals surface area contributed by atoms with Gasteiger partial charge >= 0.3 is 0 Å². The van der Waals surface area contributed by atoms with Crippen molar-refractivity contribution in [1.82, 2.24) is 15.0 Å². The Hall–Kier alpha value is -1.88. The van der Waals surface area contributed by atoms with Crippen LogP contribution in [0.25, 0.3) is 0 Å². The minimum Gasteiger partial charge on any atom is -0.398 e. The van der Waals surface area contributed by atoms with Gasteiger partial charge in [0.2, 0.25) is 0 Å². The normalized spacial score (nSPS) is 10.5. The number of rotatable bonds is 3. The SMILES string of the molecule is Cn1cc(CC(=O)c2ccc(Cl)c(N)c2)nn1. The highest BCUT2D eigenvalue weighted by atomic mass is 35.5. The second-order valence-corrected chi connectivity index (χ2v) is 4.13. The lowest BCUT2D eigenvalue weighted by atomic mass is 10.1. The highest BCUT2D eigenvalue weighted by Crippen LogP contribution is 2.20. The van der Waals surface area contributed by atoms with Crippen LogP contribution in [0.5, 0.6) is 0 Å². The summed E-state index contributed by atoms with van der Waals surface area (Å²) >= 11 is 5.79. The van der Waals surface area contributed by atoms with E-state index in [9.17, 15) is 4.79 Å². The molecule has 0 radical (unpaired) electrons. The third-order valence-electron chi connectivity index (χ3n) is 2.31. The molecule has 1 aromatic carbocycles. The molecule has 0 amide bonds. The van der Waals surface area contributed by atoms with Gasteiger partial charge in [-0.2, -0.15) is 0 Å². The number of hydrogen-bond donors (Lipinski definition) is 1. The van der Waals surface area contributed by atoms with E-state index in [1.807, 2.05) is 0 Å². The molecule has 88 valence electrons. The van der Waals surface area contributed by atoms with Crippen LogP contribution in [-0.4, -0.2) is 20.8 Å². The molecule has 0 spiro atoms. The van der Waals surface area contributed by atoms with E-state index in [0.29, 0.717) is 22.0 Å². The molecular formula is C11H11ClN4O. The predicted molar refractivity (Wildman–Crippen MR) is 64.9 cm³/mol. The number of Topliss-reactive ketones (excluding diaryl/α,β-unsaturated/α-hetero) is 1. The summed E-state index contributed by atoms with van der Waals surface area (Å²) in [5.41, 5.74) is 7.20. The van der Waals surface area contributed by atoms with E-state index in [0.717, 1.165) is 0 Å². The fourth-order valence-electron chi connectivity index (χ4n) is 1.46. The first-order valence-corrected chi connectivity index (χ1v) is 5.37. The van der Waals surface area contributed by atoms with Gasteiger partial charge in [-0.3, -0.25) is 9.48 Å². The van der Waals surface area contributed by atoms with E-state index in [1.165, 1.54) is 0 Å². The summed E-state index contributed by atoms with van der Waals surface area (Å²) in [5.74, 6) is -0.0612. The number of carbonyl (C=O) groups excluding carboxylic acids is 1. The van der Waals surface area contributed by atoms with Crippen LogP contribution in [0.15, 0.2) is 24.4 Å². The van der Waals surface area contributed by atoms with E-state index in [2.05, 4.69) is 10.3 Å². The molecule has 0 aliphatic rings. The summed E-state index contributed by atoms with van der Waals surface area (Å²) in [6.45, 7) is 0. The monoisotopic (exact) mass is 250 g/mol. The van der Waals surface area contributed by atoms with Crippen molar-refractivity contribution in [3.05, 3.63) is 40.7 Å². The summed E-state index contributed by atoms with van der Waals surface area (Å²) in [5, 5.41) is 8.07. The smallest absolute Gasteiger partial charge is 0.169 e. The maximum Gasteiger partial charge on any atom is 0.169 e. The summed E-state index contributed by atoms with van der Waals surface area (Å²) < 4.78 is 1.55. The molecule has 1 aromatic heterocycles. The molecule has 0 atom stereocenters. The number of halogens is 1. The Kier molecular flexibility index (Phi) is 3.10. The molecule has 17 heavy (non-hydrogen) atoms. The van der Waals surface area contributed by atoms with Crippen LogP contribution in [-0.2, 0) is 13.5 Å². The summed E-state index contributed by atoms with van der Waals surface area (Å²) in [7, 11) is 1.75. The van der Waals surface area contributed by atoms with Gasteiger partial charge < -0.3 is 5.73 Å². The van der Waals surface area contributed by atoms with Crippen LogP contribution in [0.4, 0.5) is 5.69 Å². The van der Waals surface area contributed by atoms with Gasteiger partial charge in [0.15, 0.2) is 5.78 Å². The van der Waals surface area contributed by atoms with Crippen molar-refractivity contribution in [2.24, 2.45) is 7.05 Å². The second-order valence-electron chi connectivity index (χ2n) is 3.72. The number of hydrogen-bond acceptors (Lipinski definition) is 4. The van der Waals surface area contributed by atoms with E-state index in [1.54, 1.807) is 36.1 Å². The van der Waals surface area contributed by atoms with Crippen molar-refractivity contribution in [1.29, 1.82) is 0 Å². The molecule has 0 aliphatic heterocycles. The molecule has 0 fully saturated rings. The highest BCUT2D eigenvalue weighted by molar-refractivity contribution is 6.33. The zero-order valence-electron chi connectivity index (χ0n) is 9.22. The number of nitrogens with two attached hydrogens (primary N) is 1. The Labute approximate surface area is 103 Å². The Morgan fingerprint density at radius 3 is 2.88 bits per heavy atom. The maximum absolute atomic E-state index is 11.9. The largest absolute Gasteiger partial charge is 0.398 e. The van der Waals surface area contributed by atoms with Gasteiger partial charge in [-0.15, -0.1) is 5.10 Å². The highest BCUT2D eigenvalue weighted by Gasteiger charge is 2.10. The van der Waals surface area contributed by atoms with Crippen LogP contribution < -0.4 is 5.73 Å². The number of aromatic nitrogens is 3. The van der Waals surface area contributed by atoms with Gasteiger partial charge in [-0.25, -0.2) is 0 Å². The average Bonchev–Trinajstić information content (AvgIpc) is 2.68. The zero-order valence-corrected chi connectivity index (χ0v) is 9.98. The first-order valence-electron chi connectivity index (χ1n) is 4.99. The fourth-order valence-corrected chi connectivity index (χ4v) is 1.58. The van der Waals surface area contributed by atoms with Crippen LogP contribution in [0.2, 0.25) is 5.02 Å². The number of anilines is 1. The van der Waals surface area contributed by atoms with E-state index in [-0.39, 0.29) is 12.2 Å². The summed E-state index contributed by atoms with van der Waals surface area (Å²) in [4.78, 5) is 11.9. The number of aryl methyl sites for hydroxylation is 1. The number of benzene rings is 1. The molecule has 0 aliphatic carbocycles. The first-order chi connectivity index (χ1) is 8.06. The van der Waals surface area contributed by atoms with Crippen LogP contribution >= 0.6 is 11.6 Å². The predicted octanol–water partition coefficient (Wildman–Crippen LogP) is 1.48. The van der Waals surface area contributed by atoms with Crippen molar-refractivity contribution in [3.8, 4) is 0 Å². The quantitative estimate of drug-likeness (QED) is 0.661. The van der Waals surface area contributed by atoms with E-state index < -0.39 is 0 Å². The molecule has 6 heteroatoms. The number of nitrogens with zero attached hydrogens (tertiary/aromatic N) is 3. The lowest BCUT2D eigenvalue weighted by Gasteiger charge is -2.02. The Morgan fingerprint density at radius 1 is 1.53 bits per heavy atom. The first kappa shape index (κ1) is 11.6. The van der Waals surface area contributed by atoms with Gasteiger partial charge in [0.25, 0.3) is 0 Å². The lowest BCUT2D eigenvalue weighted by molar-refractivity contribution is 0.0992. The van der Waals surface area contributed by atoms with Gasteiger partial charge in [-0.1, -0.05) is 16.8 Å². The van der Waals surface area contributed by atoms with E-state index >= 15 is 0 Å². The topological polar surface area (TPSA) is 73.8 Å². The third kappa shape index (κ3) is 2.62. The van der Waals surface area contributed by atoms with Gasteiger partial charge in [0, 0.05) is 18.8 Å². The summed E-state index contributed by atoms with van der Waals surface area (Å²) in [6.07, 6.45) is 1.91. The van der Waals surface area contributed by atoms with Crippen LogP contribution in [0.1, 0.15) is 16.1 Å². The minimum absolute atomic E-state index is 0.0612. The molecule has 1 heterocycles. The van der Waals surface area contributed by atoms with Gasteiger partial charge in [-0.05, 0) is 18.2 Å². The molecule has 2 rings (SSSR count). The van der Waals surface area contributed by atoms with Gasteiger partial charge in [0.1, 0.15) is 0 Å². The second kappa shape index (κ2) is 4.55. The number of nitrogen functional groups attached to an aromatic ring is 1. The molecular weight excluding hydrogens is 240 g/mol. The van der Waals surface area contributed by atoms with Crippen molar-refractivity contribution in [3.63, 3.8) is 0 Å². The van der Waals surface area contributed by atoms with E-state index in [4.69, 9.17) is 17.3 Å². The Morgan fingerprint density at radius 2 is 2.29 bits per heavy atom. The maximum atomic E-state index is 11.9. The van der Waals surface area contributed by atoms with Crippen LogP contribution in [0, 0.1) is 0 Å². The van der Waals surface area contributed by atoms with Crippen molar-refractivity contribution < 1.29 is 4.79 Å². The zero-order chi connectivity index (χ0) is 12.4. The Bertz CT molecular complexity index is 564. The standard InChI is InChI=1S/C11H11ClN4O/c1-16-6-8(14-15-16)5-11(17)7-2-3-9(12)10(13)4-7/h2-4,6H,5,13H2,1H3. The molecule has 2 aromatic rings. The van der Waals surface area contributed by atoms with Crippen molar-refractivity contribution >= 4 is 23.1 Å². The number of carbonyl (C=O) groups is 1. The van der Waals surface area contributed by atoms with Crippen LogP contribution in [0.3, 0.4) is 0 Å². The summed E-state index contributed by atoms with van der Waals surface area (Å²) in [6, 6.07) is 4.83. The molecule has 0 bridgehead atoms.